The van der Waals surface area contributed by atoms with Gasteiger partial charge in [-0.1, -0.05) is 34.1 Å². The number of carbonyl (C=O) groups excluding carboxylic acids is 1. The molecule has 28 heavy (non-hydrogen) atoms. The molecule has 0 fully saturated rings. The molecule has 0 atom stereocenters. The van der Waals surface area contributed by atoms with Crippen molar-refractivity contribution in [3.8, 4) is 5.75 Å². The van der Waals surface area contributed by atoms with Crippen LogP contribution < -0.4 is 15.4 Å². The maximum atomic E-state index is 12.7. The van der Waals surface area contributed by atoms with Crippen molar-refractivity contribution in [1.29, 1.82) is 0 Å². The number of hydrogen-bond acceptors (Lipinski definition) is 4. The molecule has 5 nitrogen and oxygen atoms in total. The molecule has 0 heterocycles. The normalized spacial score (nSPS) is 10.4. The van der Waals surface area contributed by atoms with Gasteiger partial charge in [-0.05, 0) is 54.6 Å². The maximum absolute atomic E-state index is 12.7. The number of hydrogen-bond donors (Lipinski definition) is 2. The third kappa shape index (κ3) is 5.58. The molecule has 3 rings (SSSR count). The predicted molar refractivity (Wildman–Crippen MR) is 116 cm³/mol. The standard InChI is InChI=1S/C22H21BrN2O3/c1-27-13-14-28-21-12-7-16(23)15-20(21)22(26)25-19-10-8-18(9-11-19)24-17-5-3-2-4-6-17/h2-12,15,24H,13-14H2,1H3,(H,25,26). The molecule has 0 saturated carbocycles. The van der Waals surface area contributed by atoms with E-state index in [1.807, 2.05) is 60.7 Å². The highest BCUT2D eigenvalue weighted by atomic mass is 79.9. The minimum absolute atomic E-state index is 0.238. The van der Waals surface area contributed by atoms with Crippen LogP contribution in [-0.2, 0) is 4.74 Å². The van der Waals surface area contributed by atoms with Crippen molar-refractivity contribution in [1.82, 2.24) is 0 Å². The Balaban J connectivity index is 1.68. The molecule has 3 aromatic rings. The summed E-state index contributed by atoms with van der Waals surface area (Å²) in [5.41, 5.74) is 3.10. The van der Waals surface area contributed by atoms with Crippen LogP contribution in [-0.4, -0.2) is 26.2 Å². The van der Waals surface area contributed by atoms with Gasteiger partial charge in [-0.15, -0.1) is 0 Å². The third-order valence-corrected chi connectivity index (χ3v) is 4.43. The molecule has 0 spiro atoms. The van der Waals surface area contributed by atoms with E-state index < -0.39 is 0 Å². The van der Waals surface area contributed by atoms with Crippen molar-refractivity contribution in [3.63, 3.8) is 0 Å². The number of para-hydroxylation sites is 1. The number of nitrogens with one attached hydrogen (secondary N) is 2. The van der Waals surface area contributed by atoms with Crippen molar-refractivity contribution < 1.29 is 14.3 Å². The van der Waals surface area contributed by atoms with E-state index >= 15 is 0 Å². The predicted octanol–water partition coefficient (Wildman–Crippen LogP) is 5.47. The Morgan fingerprint density at radius 3 is 2.29 bits per heavy atom. The molecule has 0 aliphatic carbocycles. The van der Waals surface area contributed by atoms with E-state index in [2.05, 4.69) is 26.6 Å². The smallest absolute Gasteiger partial charge is 0.259 e. The Kier molecular flexibility index (Phi) is 7.06. The molecule has 0 aromatic heterocycles. The second-order valence-electron chi connectivity index (χ2n) is 6.00. The highest BCUT2D eigenvalue weighted by Gasteiger charge is 2.14. The van der Waals surface area contributed by atoms with Crippen LogP contribution >= 0.6 is 15.9 Å². The molecule has 6 heteroatoms. The lowest BCUT2D eigenvalue weighted by Gasteiger charge is -2.13. The summed E-state index contributed by atoms with van der Waals surface area (Å²) in [7, 11) is 1.61. The maximum Gasteiger partial charge on any atom is 0.259 e. The summed E-state index contributed by atoms with van der Waals surface area (Å²) in [6.45, 7) is 0.825. The van der Waals surface area contributed by atoms with Gasteiger partial charge in [0.1, 0.15) is 12.4 Å². The van der Waals surface area contributed by atoms with Gasteiger partial charge in [-0.3, -0.25) is 4.79 Å². The molecule has 0 unspecified atom stereocenters. The lowest BCUT2D eigenvalue weighted by atomic mass is 10.1. The number of anilines is 3. The van der Waals surface area contributed by atoms with Crippen molar-refractivity contribution in [2.75, 3.05) is 31.0 Å². The second kappa shape index (κ2) is 9.92. The number of rotatable bonds is 8. The average molecular weight is 441 g/mol. The van der Waals surface area contributed by atoms with Gasteiger partial charge in [0.05, 0.1) is 12.2 Å². The van der Waals surface area contributed by atoms with Gasteiger partial charge in [0.2, 0.25) is 0 Å². The van der Waals surface area contributed by atoms with Gasteiger partial charge in [0.15, 0.2) is 0 Å². The first-order chi connectivity index (χ1) is 13.7. The van der Waals surface area contributed by atoms with Gasteiger partial charge >= 0.3 is 0 Å². The van der Waals surface area contributed by atoms with E-state index in [-0.39, 0.29) is 5.91 Å². The van der Waals surface area contributed by atoms with E-state index in [1.54, 1.807) is 19.2 Å². The average Bonchev–Trinajstić information content (AvgIpc) is 2.71. The number of carbonyl (C=O) groups is 1. The van der Waals surface area contributed by atoms with Crippen molar-refractivity contribution in [3.05, 3.63) is 82.8 Å². The zero-order chi connectivity index (χ0) is 19.8. The van der Waals surface area contributed by atoms with Crippen LogP contribution in [0.1, 0.15) is 10.4 Å². The van der Waals surface area contributed by atoms with Crippen LogP contribution in [0.2, 0.25) is 0 Å². The fourth-order valence-electron chi connectivity index (χ4n) is 2.56. The van der Waals surface area contributed by atoms with Gasteiger partial charge in [-0.25, -0.2) is 0 Å². The first-order valence-corrected chi connectivity index (χ1v) is 9.60. The first-order valence-electron chi connectivity index (χ1n) is 8.80. The number of ether oxygens (including phenoxy) is 2. The van der Waals surface area contributed by atoms with E-state index in [9.17, 15) is 4.79 Å². The van der Waals surface area contributed by atoms with E-state index in [1.165, 1.54) is 0 Å². The molecular weight excluding hydrogens is 420 g/mol. The summed E-state index contributed by atoms with van der Waals surface area (Å²) in [4.78, 5) is 12.7. The zero-order valence-corrected chi connectivity index (χ0v) is 17.0. The van der Waals surface area contributed by atoms with Crippen LogP contribution in [0.15, 0.2) is 77.3 Å². The van der Waals surface area contributed by atoms with Crippen LogP contribution in [0.4, 0.5) is 17.1 Å². The Labute approximate surface area is 172 Å². The van der Waals surface area contributed by atoms with Crippen LogP contribution in [0.3, 0.4) is 0 Å². The lowest BCUT2D eigenvalue weighted by Crippen LogP contribution is -2.15. The Morgan fingerprint density at radius 2 is 1.57 bits per heavy atom. The topological polar surface area (TPSA) is 59.6 Å². The zero-order valence-electron chi connectivity index (χ0n) is 15.4. The quantitative estimate of drug-likeness (QED) is 0.455. The molecular formula is C22H21BrN2O3. The van der Waals surface area contributed by atoms with E-state index in [0.29, 0.717) is 30.2 Å². The second-order valence-corrected chi connectivity index (χ2v) is 6.92. The summed E-state index contributed by atoms with van der Waals surface area (Å²) in [6, 6.07) is 22.8. The Bertz CT molecular complexity index is 915. The summed E-state index contributed by atoms with van der Waals surface area (Å²) in [5.74, 6) is 0.276. The molecule has 0 radical (unpaired) electrons. The van der Waals surface area contributed by atoms with E-state index in [0.717, 1.165) is 15.8 Å². The summed E-state index contributed by atoms with van der Waals surface area (Å²) >= 11 is 3.40. The van der Waals surface area contributed by atoms with Crippen LogP contribution in [0, 0.1) is 0 Å². The summed E-state index contributed by atoms with van der Waals surface area (Å²) < 4.78 is 11.5. The molecule has 2 N–H and O–H groups in total. The van der Waals surface area contributed by atoms with Crippen LogP contribution in [0.25, 0.3) is 0 Å². The van der Waals surface area contributed by atoms with Gasteiger partial charge < -0.3 is 20.1 Å². The highest BCUT2D eigenvalue weighted by molar-refractivity contribution is 9.10. The number of halogens is 1. The van der Waals surface area contributed by atoms with E-state index in [4.69, 9.17) is 9.47 Å². The lowest BCUT2D eigenvalue weighted by molar-refractivity contribution is 0.101. The number of methoxy groups -OCH3 is 1. The third-order valence-electron chi connectivity index (χ3n) is 3.94. The summed E-state index contributed by atoms with van der Waals surface area (Å²) in [5, 5.41) is 6.22. The SMILES string of the molecule is COCCOc1ccc(Br)cc1C(=O)Nc1ccc(Nc2ccccc2)cc1. The largest absolute Gasteiger partial charge is 0.490 e. The van der Waals surface area contributed by atoms with Crippen LogP contribution in [0.5, 0.6) is 5.75 Å². The van der Waals surface area contributed by atoms with Crippen molar-refractivity contribution >= 4 is 38.9 Å². The molecule has 0 saturated heterocycles. The Hall–Kier alpha value is -2.83. The Morgan fingerprint density at radius 1 is 0.893 bits per heavy atom. The first kappa shape index (κ1) is 19.9. The van der Waals surface area contributed by atoms with Crippen molar-refractivity contribution in [2.24, 2.45) is 0 Å². The van der Waals surface area contributed by atoms with Gasteiger partial charge in [0.25, 0.3) is 5.91 Å². The monoisotopic (exact) mass is 440 g/mol. The minimum atomic E-state index is -0.238. The summed E-state index contributed by atoms with van der Waals surface area (Å²) in [6.07, 6.45) is 0. The fourth-order valence-corrected chi connectivity index (χ4v) is 2.93. The highest BCUT2D eigenvalue weighted by Crippen LogP contribution is 2.25. The van der Waals surface area contributed by atoms with Gasteiger partial charge in [-0.2, -0.15) is 0 Å². The molecule has 0 bridgehead atoms. The molecule has 1 amide bonds. The molecule has 144 valence electrons. The van der Waals surface area contributed by atoms with Gasteiger partial charge in [0, 0.05) is 28.6 Å². The molecule has 0 aliphatic heterocycles. The fraction of sp³-hybridized carbons (Fsp3) is 0.136. The number of benzene rings is 3. The van der Waals surface area contributed by atoms with Crippen molar-refractivity contribution in [2.45, 2.75) is 0 Å². The molecule has 3 aromatic carbocycles. The minimum Gasteiger partial charge on any atom is -0.490 e. The number of amides is 1. The molecule has 0 aliphatic rings.